The van der Waals surface area contributed by atoms with E-state index in [9.17, 15) is 4.79 Å². The van der Waals surface area contributed by atoms with Gasteiger partial charge in [0.05, 0.1) is 12.1 Å². The summed E-state index contributed by atoms with van der Waals surface area (Å²) in [6, 6.07) is 14.3. The van der Waals surface area contributed by atoms with Crippen molar-refractivity contribution in [3.05, 3.63) is 70.2 Å². The summed E-state index contributed by atoms with van der Waals surface area (Å²) >= 11 is 1.57. The van der Waals surface area contributed by atoms with Gasteiger partial charge in [-0.3, -0.25) is 4.79 Å². The van der Waals surface area contributed by atoms with Crippen LogP contribution in [0.3, 0.4) is 0 Å². The van der Waals surface area contributed by atoms with Crippen molar-refractivity contribution >= 4 is 22.9 Å². The first-order chi connectivity index (χ1) is 11.5. The van der Waals surface area contributed by atoms with Crippen molar-refractivity contribution in [1.29, 1.82) is 0 Å². The molecule has 3 aromatic rings. The lowest BCUT2D eigenvalue weighted by molar-refractivity contribution is -0.115. The molecule has 24 heavy (non-hydrogen) atoms. The maximum atomic E-state index is 12.3. The SMILES string of the molecule is Cc1cccc(-c2nc(CC(=O)Nc3cc(C)ccc3C)cs2)c1. The molecular weight excluding hydrogens is 316 g/mol. The predicted octanol–water partition coefficient (Wildman–Crippen LogP) is 4.92. The molecule has 3 nitrogen and oxygen atoms in total. The number of hydrogen-bond donors (Lipinski definition) is 1. The fourth-order valence-electron chi connectivity index (χ4n) is 2.53. The van der Waals surface area contributed by atoms with E-state index in [4.69, 9.17) is 0 Å². The molecule has 0 spiro atoms. The van der Waals surface area contributed by atoms with Gasteiger partial charge in [0.1, 0.15) is 5.01 Å². The highest BCUT2D eigenvalue weighted by Gasteiger charge is 2.10. The molecule has 0 atom stereocenters. The van der Waals surface area contributed by atoms with Crippen LogP contribution in [0.15, 0.2) is 47.8 Å². The van der Waals surface area contributed by atoms with E-state index in [-0.39, 0.29) is 12.3 Å². The molecule has 0 aliphatic heterocycles. The topological polar surface area (TPSA) is 42.0 Å². The number of thiazole rings is 1. The number of nitrogens with one attached hydrogen (secondary N) is 1. The van der Waals surface area contributed by atoms with Gasteiger partial charge < -0.3 is 5.32 Å². The van der Waals surface area contributed by atoms with Crippen LogP contribution in [-0.2, 0) is 11.2 Å². The molecule has 0 saturated heterocycles. The number of carbonyl (C=O) groups is 1. The van der Waals surface area contributed by atoms with Crippen molar-refractivity contribution in [2.24, 2.45) is 0 Å². The first kappa shape index (κ1) is 16.4. The van der Waals surface area contributed by atoms with Crippen molar-refractivity contribution in [3.8, 4) is 10.6 Å². The van der Waals surface area contributed by atoms with E-state index in [2.05, 4.69) is 29.4 Å². The monoisotopic (exact) mass is 336 g/mol. The third-order valence-corrected chi connectivity index (χ3v) is 4.77. The standard InChI is InChI=1S/C20H20N2OS/c1-13-5-4-6-16(9-13)20-21-17(12-24-20)11-19(23)22-18-10-14(2)7-8-15(18)3/h4-10,12H,11H2,1-3H3,(H,22,23). The molecule has 0 bridgehead atoms. The zero-order chi connectivity index (χ0) is 17.1. The third-order valence-electron chi connectivity index (χ3n) is 3.83. The molecule has 0 fully saturated rings. The van der Waals surface area contributed by atoms with Gasteiger partial charge >= 0.3 is 0 Å². The number of aryl methyl sites for hydroxylation is 3. The van der Waals surface area contributed by atoms with Gasteiger partial charge in [0.15, 0.2) is 0 Å². The first-order valence-electron chi connectivity index (χ1n) is 7.90. The van der Waals surface area contributed by atoms with Gasteiger partial charge in [-0.05, 0) is 44.0 Å². The van der Waals surface area contributed by atoms with E-state index in [0.717, 1.165) is 33.1 Å². The molecule has 0 aliphatic rings. The van der Waals surface area contributed by atoms with Crippen molar-refractivity contribution in [2.75, 3.05) is 5.32 Å². The van der Waals surface area contributed by atoms with E-state index in [1.54, 1.807) is 11.3 Å². The van der Waals surface area contributed by atoms with Crippen LogP contribution in [0.5, 0.6) is 0 Å². The number of rotatable bonds is 4. The number of anilines is 1. The molecule has 0 radical (unpaired) electrons. The van der Waals surface area contributed by atoms with E-state index < -0.39 is 0 Å². The number of carbonyl (C=O) groups excluding carboxylic acids is 1. The minimum Gasteiger partial charge on any atom is -0.325 e. The van der Waals surface area contributed by atoms with Gasteiger partial charge in [-0.25, -0.2) is 4.98 Å². The number of hydrogen-bond acceptors (Lipinski definition) is 3. The molecule has 1 heterocycles. The molecule has 0 saturated carbocycles. The van der Waals surface area contributed by atoms with Gasteiger partial charge in [0.2, 0.25) is 5.91 Å². The first-order valence-corrected chi connectivity index (χ1v) is 8.78. The van der Waals surface area contributed by atoms with Crippen molar-refractivity contribution in [3.63, 3.8) is 0 Å². The summed E-state index contributed by atoms with van der Waals surface area (Å²) in [5.74, 6) is -0.0372. The fraction of sp³-hybridized carbons (Fsp3) is 0.200. The molecule has 2 aromatic carbocycles. The summed E-state index contributed by atoms with van der Waals surface area (Å²) < 4.78 is 0. The van der Waals surface area contributed by atoms with E-state index in [1.165, 1.54) is 5.56 Å². The average molecular weight is 336 g/mol. The number of benzene rings is 2. The highest BCUT2D eigenvalue weighted by Crippen LogP contribution is 2.25. The molecule has 1 amide bonds. The Balaban J connectivity index is 1.70. The molecule has 4 heteroatoms. The summed E-state index contributed by atoms with van der Waals surface area (Å²) in [7, 11) is 0. The van der Waals surface area contributed by atoms with E-state index >= 15 is 0 Å². The van der Waals surface area contributed by atoms with Crippen LogP contribution < -0.4 is 5.32 Å². The second kappa shape index (κ2) is 6.97. The highest BCUT2D eigenvalue weighted by molar-refractivity contribution is 7.13. The average Bonchev–Trinajstić information content (AvgIpc) is 2.99. The van der Waals surface area contributed by atoms with Crippen LogP contribution in [0.1, 0.15) is 22.4 Å². The quantitative estimate of drug-likeness (QED) is 0.735. The van der Waals surface area contributed by atoms with Crippen molar-refractivity contribution in [2.45, 2.75) is 27.2 Å². The van der Waals surface area contributed by atoms with Gasteiger partial charge in [0.25, 0.3) is 0 Å². The fourth-order valence-corrected chi connectivity index (χ4v) is 3.34. The van der Waals surface area contributed by atoms with Crippen molar-refractivity contribution in [1.82, 2.24) is 4.98 Å². The Morgan fingerprint density at radius 3 is 2.67 bits per heavy atom. The lowest BCUT2D eigenvalue weighted by atomic mass is 10.1. The van der Waals surface area contributed by atoms with E-state index in [0.29, 0.717) is 0 Å². The molecule has 0 aliphatic carbocycles. The maximum absolute atomic E-state index is 12.3. The highest BCUT2D eigenvalue weighted by atomic mass is 32.1. The molecule has 122 valence electrons. The summed E-state index contributed by atoms with van der Waals surface area (Å²) in [5, 5.41) is 5.89. The van der Waals surface area contributed by atoms with Crippen LogP contribution in [0.25, 0.3) is 10.6 Å². The van der Waals surface area contributed by atoms with Crippen LogP contribution in [-0.4, -0.2) is 10.9 Å². The molecular formula is C20H20N2OS. The normalized spacial score (nSPS) is 10.6. The Morgan fingerprint density at radius 1 is 1.08 bits per heavy atom. The predicted molar refractivity (Wildman–Crippen MR) is 101 cm³/mol. The van der Waals surface area contributed by atoms with Crippen LogP contribution in [0.2, 0.25) is 0 Å². The lowest BCUT2D eigenvalue weighted by Gasteiger charge is -2.08. The Morgan fingerprint density at radius 2 is 1.88 bits per heavy atom. The maximum Gasteiger partial charge on any atom is 0.230 e. The number of aromatic nitrogens is 1. The summed E-state index contributed by atoms with van der Waals surface area (Å²) in [4.78, 5) is 16.9. The third kappa shape index (κ3) is 3.89. The zero-order valence-electron chi connectivity index (χ0n) is 14.1. The van der Waals surface area contributed by atoms with Crippen LogP contribution >= 0.6 is 11.3 Å². The minimum atomic E-state index is -0.0372. The lowest BCUT2D eigenvalue weighted by Crippen LogP contribution is -2.15. The van der Waals surface area contributed by atoms with Crippen LogP contribution in [0, 0.1) is 20.8 Å². The molecule has 0 unspecified atom stereocenters. The Kier molecular flexibility index (Phi) is 4.76. The second-order valence-corrected chi connectivity index (χ2v) is 6.91. The van der Waals surface area contributed by atoms with Crippen LogP contribution in [0.4, 0.5) is 5.69 Å². The largest absolute Gasteiger partial charge is 0.325 e. The molecule has 3 rings (SSSR count). The van der Waals surface area contributed by atoms with Gasteiger partial charge in [-0.15, -0.1) is 11.3 Å². The summed E-state index contributed by atoms with van der Waals surface area (Å²) in [6.07, 6.45) is 0.287. The number of nitrogens with zero attached hydrogens (tertiary/aromatic N) is 1. The summed E-state index contributed by atoms with van der Waals surface area (Å²) in [5.41, 5.74) is 6.17. The molecule has 1 N–H and O–H groups in total. The van der Waals surface area contributed by atoms with E-state index in [1.807, 2.05) is 49.6 Å². The zero-order valence-corrected chi connectivity index (χ0v) is 14.9. The second-order valence-electron chi connectivity index (χ2n) is 6.06. The molecule has 1 aromatic heterocycles. The Bertz CT molecular complexity index is 883. The van der Waals surface area contributed by atoms with Gasteiger partial charge in [-0.2, -0.15) is 0 Å². The minimum absolute atomic E-state index is 0.0372. The Labute approximate surface area is 146 Å². The Hall–Kier alpha value is -2.46. The van der Waals surface area contributed by atoms with Crippen molar-refractivity contribution < 1.29 is 4.79 Å². The van der Waals surface area contributed by atoms with Gasteiger partial charge in [-0.1, -0.05) is 35.9 Å². The van der Waals surface area contributed by atoms with Gasteiger partial charge in [0, 0.05) is 16.6 Å². The number of amides is 1. The summed E-state index contributed by atoms with van der Waals surface area (Å²) in [6.45, 7) is 6.08. The smallest absolute Gasteiger partial charge is 0.230 e.